The van der Waals surface area contributed by atoms with Gasteiger partial charge in [-0.2, -0.15) is 5.26 Å². The first-order valence-electron chi connectivity index (χ1n) is 5.24. The summed E-state index contributed by atoms with van der Waals surface area (Å²) in [7, 11) is 0. The Morgan fingerprint density at radius 2 is 2.25 bits per heavy atom. The summed E-state index contributed by atoms with van der Waals surface area (Å²) in [6, 6.07) is 5.84. The molecular weight excluding hydrogens is 204 g/mol. The lowest BCUT2D eigenvalue weighted by molar-refractivity contribution is 0.312. The van der Waals surface area contributed by atoms with E-state index in [0.29, 0.717) is 16.7 Å². The van der Waals surface area contributed by atoms with Gasteiger partial charge in [-0.05, 0) is 31.4 Å². The van der Waals surface area contributed by atoms with Gasteiger partial charge in [-0.25, -0.2) is 4.98 Å². The molecule has 80 valence electrons. The van der Waals surface area contributed by atoms with E-state index in [1.165, 1.54) is 6.39 Å². The van der Waals surface area contributed by atoms with Gasteiger partial charge in [-0.1, -0.05) is 0 Å². The number of benzene rings is 1. The van der Waals surface area contributed by atoms with Crippen LogP contribution in [-0.2, 0) is 5.41 Å². The molecule has 1 N–H and O–H groups in total. The third-order valence-electron chi connectivity index (χ3n) is 3.41. The summed E-state index contributed by atoms with van der Waals surface area (Å²) in [5, 5.41) is 19.3. The van der Waals surface area contributed by atoms with E-state index in [-0.39, 0.29) is 5.75 Å². The molecule has 1 fully saturated rings. The first-order valence-corrected chi connectivity index (χ1v) is 5.24. The average Bonchev–Trinajstić information content (AvgIpc) is 2.69. The quantitative estimate of drug-likeness (QED) is 0.791. The van der Waals surface area contributed by atoms with Crippen LogP contribution < -0.4 is 0 Å². The molecule has 1 aromatic carbocycles. The van der Waals surface area contributed by atoms with Gasteiger partial charge >= 0.3 is 0 Å². The molecule has 4 heteroatoms. The highest BCUT2D eigenvalue weighted by molar-refractivity contribution is 5.81. The van der Waals surface area contributed by atoms with Gasteiger partial charge in [0.2, 0.25) is 0 Å². The molecule has 1 aliphatic rings. The lowest BCUT2D eigenvalue weighted by Gasteiger charge is -2.35. The summed E-state index contributed by atoms with van der Waals surface area (Å²) in [5.41, 5.74) is 1.16. The highest BCUT2D eigenvalue weighted by Gasteiger charge is 2.41. The Bertz CT molecular complexity index is 591. The summed E-state index contributed by atoms with van der Waals surface area (Å²) >= 11 is 0. The summed E-state index contributed by atoms with van der Waals surface area (Å²) in [6.07, 6.45) is 3.94. The lowest BCUT2D eigenvalue weighted by atomic mass is 9.65. The molecular formula is C12H10N2O2. The third-order valence-corrected chi connectivity index (χ3v) is 3.41. The van der Waals surface area contributed by atoms with Gasteiger partial charge in [0.1, 0.15) is 5.75 Å². The van der Waals surface area contributed by atoms with Crippen LogP contribution in [0.25, 0.3) is 11.1 Å². The number of fused-ring (bicyclic) bond motifs is 1. The van der Waals surface area contributed by atoms with Gasteiger partial charge < -0.3 is 9.52 Å². The zero-order valence-electron chi connectivity index (χ0n) is 8.60. The number of aromatic nitrogens is 1. The topological polar surface area (TPSA) is 70.0 Å². The summed E-state index contributed by atoms with van der Waals surface area (Å²) in [6.45, 7) is 0. The molecule has 4 nitrogen and oxygen atoms in total. The number of oxazole rings is 1. The normalized spacial score (nSPS) is 17.9. The zero-order chi connectivity index (χ0) is 11.2. The van der Waals surface area contributed by atoms with Gasteiger partial charge in [0.05, 0.1) is 11.5 Å². The van der Waals surface area contributed by atoms with Crippen molar-refractivity contribution in [3.05, 3.63) is 24.1 Å². The molecule has 1 saturated carbocycles. The molecule has 2 aromatic rings. The van der Waals surface area contributed by atoms with Crippen LogP contribution in [0.3, 0.4) is 0 Å². The van der Waals surface area contributed by atoms with E-state index in [2.05, 4.69) is 11.1 Å². The number of aromatic hydroxyl groups is 1. The number of rotatable bonds is 1. The van der Waals surface area contributed by atoms with Gasteiger partial charge in [-0.3, -0.25) is 0 Å². The number of nitrogens with zero attached hydrogens (tertiary/aromatic N) is 2. The van der Waals surface area contributed by atoms with Crippen molar-refractivity contribution in [2.45, 2.75) is 24.7 Å². The largest absolute Gasteiger partial charge is 0.505 e. The third kappa shape index (κ3) is 1.00. The van der Waals surface area contributed by atoms with Crippen LogP contribution in [0.2, 0.25) is 0 Å². The average molecular weight is 214 g/mol. The van der Waals surface area contributed by atoms with Gasteiger partial charge in [0, 0.05) is 5.56 Å². The first-order chi connectivity index (χ1) is 7.77. The molecule has 1 heterocycles. The Morgan fingerprint density at radius 3 is 2.88 bits per heavy atom. The number of hydrogen-bond acceptors (Lipinski definition) is 4. The lowest BCUT2D eigenvalue weighted by Crippen LogP contribution is -2.32. The second-order valence-electron chi connectivity index (χ2n) is 4.21. The Balaban J connectivity index is 2.24. The van der Waals surface area contributed by atoms with Crippen LogP contribution >= 0.6 is 0 Å². The molecule has 0 amide bonds. The highest BCUT2D eigenvalue weighted by Crippen LogP contribution is 2.47. The minimum Gasteiger partial charge on any atom is -0.505 e. The SMILES string of the molecule is N#CC1(c2ccc3ocnc3c2O)CCC1. The fourth-order valence-electron chi connectivity index (χ4n) is 2.27. The molecule has 0 spiro atoms. The molecule has 1 aliphatic carbocycles. The van der Waals surface area contributed by atoms with Crippen molar-refractivity contribution in [2.24, 2.45) is 0 Å². The molecule has 3 rings (SSSR count). The number of phenolic OH excluding ortho intramolecular Hbond substituents is 1. The number of hydrogen-bond donors (Lipinski definition) is 1. The second-order valence-corrected chi connectivity index (χ2v) is 4.21. The van der Waals surface area contributed by atoms with Crippen LogP contribution in [0.4, 0.5) is 0 Å². The molecule has 0 aliphatic heterocycles. The molecule has 0 saturated heterocycles. The zero-order valence-corrected chi connectivity index (χ0v) is 8.60. The minimum atomic E-state index is -0.517. The van der Waals surface area contributed by atoms with Crippen molar-refractivity contribution in [3.8, 4) is 11.8 Å². The first kappa shape index (κ1) is 9.22. The number of phenols is 1. The van der Waals surface area contributed by atoms with Crippen LogP contribution in [0, 0.1) is 11.3 Å². The summed E-state index contributed by atoms with van der Waals surface area (Å²) < 4.78 is 5.10. The second kappa shape index (κ2) is 2.99. The summed E-state index contributed by atoms with van der Waals surface area (Å²) in [5.74, 6) is 0.0903. The Kier molecular flexibility index (Phi) is 1.72. The molecule has 1 aromatic heterocycles. The standard InChI is InChI=1S/C12H10N2O2/c13-6-12(4-1-5-12)8-2-3-9-10(11(8)15)14-7-16-9/h2-3,7,15H,1,4-5H2. The molecule has 0 atom stereocenters. The van der Waals surface area contributed by atoms with Crippen LogP contribution in [0.1, 0.15) is 24.8 Å². The predicted molar refractivity (Wildman–Crippen MR) is 56.8 cm³/mol. The number of nitriles is 1. The van der Waals surface area contributed by atoms with Gasteiger partial charge in [0.15, 0.2) is 17.5 Å². The van der Waals surface area contributed by atoms with E-state index in [1.807, 2.05) is 0 Å². The monoisotopic (exact) mass is 214 g/mol. The predicted octanol–water partition coefficient (Wildman–Crippen LogP) is 2.48. The van der Waals surface area contributed by atoms with E-state index < -0.39 is 5.41 Å². The fraction of sp³-hybridized carbons (Fsp3) is 0.333. The maximum atomic E-state index is 10.1. The van der Waals surface area contributed by atoms with Crippen molar-refractivity contribution in [3.63, 3.8) is 0 Å². The Labute approximate surface area is 92.1 Å². The highest BCUT2D eigenvalue weighted by atomic mass is 16.3. The van der Waals surface area contributed by atoms with Crippen molar-refractivity contribution in [2.75, 3.05) is 0 Å². The molecule has 16 heavy (non-hydrogen) atoms. The minimum absolute atomic E-state index is 0.0903. The van der Waals surface area contributed by atoms with E-state index in [0.717, 1.165) is 19.3 Å². The van der Waals surface area contributed by atoms with Crippen LogP contribution in [0.5, 0.6) is 5.75 Å². The molecule has 0 bridgehead atoms. The van der Waals surface area contributed by atoms with Crippen molar-refractivity contribution >= 4 is 11.1 Å². The maximum absolute atomic E-state index is 10.1. The van der Waals surface area contributed by atoms with E-state index in [4.69, 9.17) is 4.42 Å². The van der Waals surface area contributed by atoms with E-state index in [1.54, 1.807) is 12.1 Å². The van der Waals surface area contributed by atoms with Crippen molar-refractivity contribution in [1.82, 2.24) is 4.98 Å². The molecule has 0 unspecified atom stereocenters. The molecule has 0 radical (unpaired) electrons. The van der Waals surface area contributed by atoms with Gasteiger partial charge in [-0.15, -0.1) is 0 Å². The van der Waals surface area contributed by atoms with E-state index in [9.17, 15) is 10.4 Å². The fourth-order valence-corrected chi connectivity index (χ4v) is 2.27. The maximum Gasteiger partial charge on any atom is 0.182 e. The smallest absolute Gasteiger partial charge is 0.182 e. The Hall–Kier alpha value is -2.02. The van der Waals surface area contributed by atoms with Crippen LogP contribution in [0.15, 0.2) is 22.9 Å². The van der Waals surface area contributed by atoms with E-state index >= 15 is 0 Å². The summed E-state index contributed by atoms with van der Waals surface area (Å²) in [4.78, 5) is 3.96. The van der Waals surface area contributed by atoms with Gasteiger partial charge in [0.25, 0.3) is 0 Å². The Morgan fingerprint density at radius 1 is 1.44 bits per heavy atom. The van der Waals surface area contributed by atoms with Crippen molar-refractivity contribution in [1.29, 1.82) is 5.26 Å². The van der Waals surface area contributed by atoms with Crippen molar-refractivity contribution < 1.29 is 9.52 Å². The van der Waals surface area contributed by atoms with Crippen LogP contribution in [-0.4, -0.2) is 10.1 Å².